The van der Waals surface area contributed by atoms with E-state index < -0.39 is 7.80 Å². The van der Waals surface area contributed by atoms with Gasteiger partial charge in [0.1, 0.15) is 0 Å². The van der Waals surface area contributed by atoms with Crippen LogP contribution in [0.2, 0.25) is 0 Å². The fraction of sp³-hybridized carbons (Fsp3) is 0.300. The van der Waals surface area contributed by atoms with Gasteiger partial charge in [0, 0.05) is 18.8 Å². The van der Waals surface area contributed by atoms with E-state index >= 15 is 0 Å². The van der Waals surface area contributed by atoms with Gasteiger partial charge in [0.2, 0.25) is 5.91 Å². The van der Waals surface area contributed by atoms with Crippen LogP contribution in [0.4, 0.5) is 5.69 Å². The molecule has 76 valence electrons. The number of hydrogen-bond donors (Lipinski definition) is 1. The van der Waals surface area contributed by atoms with E-state index in [4.69, 9.17) is 0 Å². The molecule has 0 heterocycles. The molecule has 0 spiro atoms. The van der Waals surface area contributed by atoms with Crippen LogP contribution in [0.5, 0.6) is 0 Å². The molecule has 0 aromatic heterocycles. The van der Waals surface area contributed by atoms with Crippen molar-refractivity contribution in [1.29, 1.82) is 0 Å². The summed E-state index contributed by atoms with van der Waals surface area (Å²) < 4.78 is 11.0. The lowest BCUT2D eigenvalue weighted by atomic mass is 10.2. The van der Waals surface area contributed by atoms with E-state index in [1.165, 1.54) is 6.92 Å². The molecule has 3 nitrogen and oxygen atoms in total. The number of benzene rings is 1. The number of carbonyl (C=O) groups is 1. The molecule has 0 aliphatic carbocycles. The van der Waals surface area contributed by atoms with Crippen LogP contribution in [0, 0.1) is 0 Å². The fourth-order valence-electron chi connectivity index (χ4n) is 1.20. The number of amides is 1. The van der Waals surface area contributed by atoms with Crippen molar-refractivity contribution in [1.82, 2.24) is 0 Å². The SMILES string of the molecule is CC(=O)Nc1ccc(C[PH](C)=O)cc1. The van der Waals surface area contributed by atoms with Gasteiger partial charge in [-0.3, -0.25) is 4.79 Å². The minimum absolute atomic E-state index is 0.0817. The van der Waals surface area contributed by atoms with Crippen molar-refractivity contribution in [3.63, 3.8) is 0 Å². The third kappa shape index (κ3) is 3.75. The molecule has 1 rings (SSSR count). The minimum Gasteiger partial charge on any atom is -0.327 e. The predicted octanol–water partition coefficient (Wildman–Crippen LogP) is 2.33. The summed E-state index contributed by atoms with van der Waals surface area (Å²) in [6, 6.07) is 7.41. The van der Waals surface area contributed by atoms with Crippen LogP contribution in [0.1, 0.15) is 12.5 Å². The maximum atomic E-state index is 11.0. The molecule has 4 heteroatoms. The van der Waals surface area contributed by atoms with Gasteiger partial charge in [-0.2, -0.15) is 0 Å². The van der Waals surface area contributed by atoms with Gasteiger partial charge in [-0.1, -0.05) is 12.1 Å². The molecule has 0 saturated heterocycles. The summed E-state index contributed by atoms with van der Waals surface area (Å²) in [7, 11) is -1.46. The molecule has 0 saturated carbocycles. The van der Waals surface area contributed by atoms with Gasteiger partial charge in [0.15, 0.2) is 0 Å². The second-order valence-electron chi connectivity index (χ2n) is 3.26. The van der Waals surface area contributed by atoms with E-state index in [9.17, 15) is 9.36 Å². The van der Waals surface area contributed by atoms with E-state index in [1.807, 2.05) is 24.3 Å². The first kappa shape index (κ1) is 11.0. The Kier molecular flexibility index (Phi) is 3.90. The zero-order chi connectivity index (χ0) is 10.6. The van der Waals surface area contributed by atoms with E-state index in [-0.39, 0.29) is 5.91 Å². The zero-order valence-electron chi connectivity index (χ0n) is 8.33. The largest absolute Gasteiger partial charge is 0.327 e. The van der Waals surface area contributed by atoms with Crippen molar-refractivity contribution in [2.24, 2.45) is 0 Å². The van der Waals surface area contributed by atoms with E-state index in [0.29, 0.717) is 6.16 Å². The van der Waals surface area contributed by atoms with Gasteiger partial charge < -0.3 is 9.88 Å². The molecular weight excluding hydrogens is 197 g/mol. The molecule has 1 atom stereocenters. The van der Waals surface area contributed by atoms with E-state index in [2.05, 4.69) is 5.32 Å². The molecule has 1 amide bonds. The van der Waals surface area contributed by atoms with Crippen molar-refractivity contribution < 1.29 is 9.36 Å². The quantitative estimate of drug-likeness (QED) is 0.780. The molecule has 14 heavy (non-hydrogen) atoms. The normalized spacial score (nSPS) is 12.1. The van der Waals surface area contributed by atoms with Crippen LogP contribution in [-0.2, 0) is 15.5 Å². The monoisotopic (exact) mass is 211 g/mol. The zero-order valence-corrected chi connectivity index (χ0v) is 9.33. The molecule has 1 unspecified atom stereocenters. The second-order valence-corrected chi connectivity index (χ2v) is 5.01. The molecule has 0 fully saturated rings. The summed E-state index contributed by atoms with van der Waals surface area (Å²) >= 11 is 0. The van der Waals surface area contributed by atoms with Gasteiger partial charge >= 0.3 is 0 Å². The Balaban J connectivity index is 2.68. The van der Waals surface area contributed by atoms with Gasteiger partial charge in [-0.05, 0) is 24.4 Å². The van der Waals surface area contributed by atoms with Crippen molar-refractivity contribution >= 4 is 19.4 Å². The summed E-state index contributed by atoms with van der Waals surface area (Å²) in [5.74, 6) is -0.0817. The maximum absolute atomic E-state index is 11.0. The first-order valence-electron chi connectivity index (χ1n) is 4.44. The number of carbonyl (C=O) groups excluding carboxylic acids is 1. The van der Waals surface area contributed by atoms with Gasteiger partial charge in [-0.15, -0.1) is 0 Å². The molecule has 0 bridgehead atoms. The Morgan fingerprint density at radius 1 is 1.36 bits per heavy atom. The van der Waals surface area contributed by atoms with E-state index in [1.54, 1.807) is 6.66 Å². The number of anilines is 1. The van der Waals surface area contributed by atoms with Gasteiger partial charge in [0.25, 0.3) is 0 Å². The average Bonchev–Trinajstić information content (AvgIpc) is 2.06. The predicted molar refractivity (Wildman–Crippen MR) is 59.4 cm³/mol. The van der Waals surface area contributed by atoms with Gasteiger partial charge in [-0.25, -0.2) is 0 Å². The summed E-state index contributed by atoms with van der Waals surface area (Å²) in [6.07, 6.45) is 0.630. The van der Waals surface area contributed by atoms with Crippen molar-refractivity contribution in [2.75, 3.05) is 12.0 Å². The Hall–Kier alpha value is -1.08. The third-order valence-corrected chi connectivity index (χ3v) is 2.63. The van der Waals surface area contributed by atoms with Crippen LogP contribution >= 0.6 is 7.80 Å². The van der Waals surface area contributed by atoms with E-state index in [0.717, 1.165) is 11.3 Å². The Morgan fingerprint density at radius 3 is 2.36 bits per heavy atom. The van der Waals surface area contributed by atoms with Crippen LogP contribution in [0.3, 0.4) is 0 Å². The molecular formula is C10H14NO2P. The molecule has 0 aliphatic heterocycles. The average molecular weight is 211 g/mol. The Labute approximate surface area is 84.3 Å². The van der Waals surface area contributed by atoms with Crippen LogP contribution in [0.15, 0.2) is 24.3 Å². The highest BCUT2D eigenvalue weighted by atomic mass is 31.1. The molecule has 1 aromatic rings. The van der Waals surface area contributed by atoms with Crippen molar-refractivity contribution in [2.45, 2.75) is 13.1 Å². The highest BCUT2D eigenvalue weighted by molar-refractivity contribution is 7.42. The highest BCUT2D eigenvalue weighted by Gasteiger charge is 1.97. The summed E-state index contributed by atoms with van der Waals surface area (Å²) in [5.41, 5.74) is 1.82. The first-order valence-corrected chi connectivity index (χ1v) is 6.55. The first-order chi connectivity index (χ1) is 6.58. The number of rotatable bonds is 3. The lowest BCUT2D eigenvalue weighted by Crippen LogP contribution is -2.05. The highest BCUT2D eigenvalue weighted by Crippen LogP contribution is 2.22. The smallest absolute Gasteiger partial charge is 0.221 e. The van der Waals surface area contributed by atoms with Crippen molar-refractivity contribution in [3.8, 4) is 0 Å². The summed E-state index contributed by atoms with van der Waals surface area (Å²) in [5, 5.41) is 2.68. The Bertz CT molecular complexity index is 311. The minimum atomic E-state index is -1.46. The third-order valence-electron chi connectivity index (χ3n) is 1.73. The fourth-order valence-corrected chi connectivity index (χ4v) is 2.01. The van der Waals surface area contributed by atoms with Crippen LogP contribution in [-0.4, -0.2) is 12.6 Å². The Morgan fingerprint density at radius 2 is 1.93 bits per heavy atom. The summed E-state index contributed by atoms with van der Waals surface area (Å²) in [6.45, 7) is 3.21. The molecule has 1 aromatic carbocycles. The lowest BCUT2D eigenvalue weighted by molar-refractivity contribution is -0.114. The lowest BCUT2D eigenvalue weighted by Gasteiger charge is -2.03. The topological polar surface area (TPSA) is 46.2 Å². The summed E-state index contributed by atoms with van der Waals surface area (Å²) in [4.78, 5) is 10.7. The number of hydrogen-bond acceptors (Lipinski definition) is 2. The maximum Gasteiger partial charge on any atom is 0.221 e. The standard InChI is InChI=1S/C10H14NO2P/c1-8(12)11-10-5-3-9(4-6-10)7-14(2)13/h3-6,14H,7H2,1-2H3,(H,11,12). The van der Waals surface area contributed by atoms with Gasteiger partial charge in [0.05, 0.1) is 7.80 Å². The molecule has 0 radical (unpaired) electrons. The van der Waals surface area contributed by atoms with Crippen LogP contribution in [0.25, 0.3) is 0 Å². The molecule has 0 aliphatic rings. The van der Waals surface area contributed by atoms with Crippen LogP contribution < -0.4 is 5.32 Å². The second kappa shape index (κ2) is 4.97. The van der Waals surface area contributed by atoms with Crippen molar-refractivity contribution in [3.05, 3.63) is 29.8 Å². The number of nitrogens with one attached hydrogen (secondary N) is 1. The molecule has 1 N–H and O–H groups in total.